The van der Waals surface area contributed by atoms with Crippen molar-refractivity contribution in [1.82, 2.24) is 15.5 Å². The molecular weight excluding hydrogens is 455 g/mol. The summed E-state index contributed by atoms with van der Waals surface area (Å²) in [7, 11) is -1.09. The molecule has 25 heavy (non-hydrogen) atoms. The average molecular weight is 482 g/mol. The first kappa shape index (κ1) is 22.0. The van der Waals surface area contributed by atoms with E-state index in [2.05, 4.69) is 20.5 Å². The van der Waals surface area contributed by atoms with Crippen molar-refractivity contribution in [3.8, 4) is 5.75 Å². The van der Waals surface area contributed by atoms with Crippen LogP contribution in [0.2, 0.25) is 0 Å². The van der Waals surface area contributed by atoms with Gasteiger partial charge in [-0.15, -0.1) is 24.0 Å². The molecule has 0 atom stereocenters. The predicted octanol–water partition coefficient (Wildman–Crippen LogP) is 0.579. The predicted molar refractivity (Wildman–Crippen MR) is 112 cm³/mol. The van der Waals surface area contributed by atoms with E-state index in [0.717, 1.165) is 24.8 Å². The molecule has 0 aliphatic carbocycles. The van der Waals surface area contributed by atoms with Crippen molar-refractivity contribution >= 4 is 39.8 Å². The number of guanidine groups is 1. The zero-order chi connectivity index (χ0) is 17.3. The quantitative estimate of drug-likeness (QED) is 0.256. The Bertz CT molecular complexity index is 612. The Morgan fingerprint density at radius 3 is 2.44 bits per heavy atom. The Hall–Kier alpha value is -1.07. The van der Waals surface area contributed by atoms with Gasteiger partial charge in [0.1, 0.15) is 12.4 Å². The van der Waals surface area contributed by atoms with Crippen LogP contribution in [0.25, 0.3) is 0 Å². The number of benzene rings is 1. The topological polar surface area (TPSA) is 83.0 Å². The maximum Gasteiger partial charge on any atom is 0.191 e. The van der Waals surface area contributed by atoms with Crippen molar-refractivity contribution in [2.75, 3.05) is 57.9 Å². The molecule has 1 saturated heterocycles. The van der Waals surface area contributed by atoms with Gasteiger partial charge in [-0.05, 0) is 12.1 Å². The van der Waals surface area contributed by atoms with Crippen molar-refractivity contribution < 1.29 is 13.2 Å². The van der Waals surface area contributed by atoms with Crippen molar-refractivity contribution in [3.05, 3.63) is 30.3 Å². The van der Waals surface area contributed by atoms with Crippen LogP contribution in [0.1, 0.15) is 0 Å². The number of rotatable bonds is 7. The van der Waals surface area contributed by atoms with E-state index in [0.29, 0.717) is 26.2 Å². The molecule has 0 saturated carbocycles. The van der Waals surface area contributed by atoms with Crippen LogP contribution in [0.4, 0.5) is 0 Å². The molecule has 142 valence electrons. The van der Waals surface area contributed by atoms with Gasteiger partial charge >= 0.3 is 0 Å². The summed E-state index contributed by atoms with van der Waals surface area (Å²) in [5.41, 5.74) is 0. The smallest absolute Gasteiger partial charge is 0.191 e. The second kappa shape index (κ2) is 11.5. The number of nitrogens with one attached hydrogen (secondary N) is 2. The summed E-state index contributed by atoms with van der Waals surface area (Å²) in [6, 6.07) is 9.68. The number of hydrogen-bond donors (Lipinski definition) is 2. The van der Waals surface area contributed by atoms with E-state index in [9.17, 15) is 8.42 Å². The third kappa shape index (κ3) is 8.73. The van der Waals surface area contributed by atoms with Crippen LogP contribution in [0.15, 0.2) is 35.3 Å². The van der Waals surface area contributed by atoms with Crippen molar-refractivity contribution in [2.24, 2.45) is 4.99 Å². The second-order valence-electron chi connectivity index (χ2n) is 5.58. The first-order valence-electron chi connectivity index (χ1n) is 8.14. The molecule has 1 fully saturated rings. The molecule has 1 aliphatic heterocycles. The third-order valence-electron chi connectivity index (χ3n) is 3.79. The Balaban J connectivity index is 0.00000312. The zero-order valence-electron chi connectivity index (χ0n) is 14.5. The van der Waals surface area contributed by atoms with Crippen LogP contribution in [0.5, 0.6) is 5.75 Å². The minimum Gasteiger partial charge on any atom is -0.492 e. The number of ether oxygens (including phenoxy) is 1. The van der Waals surface area contributed by atoms with E-state index in [4.69, 9.17) is 4.74 Å². The molecule has 9 heteroatoms. The standard InChI is InChI=1S/C16H26N4O3S.HI/c1-17-16(19-8-12-23-15-5-3-2-4-6-15)18-7-9-20-10-13-24(21,22)14-11-20;/h2-6H,7-14H2,1H3,(H2,17,18,19);1H. The van der Waals surface area contributed by atoms with Crippen LogP contribution in [0.3, 0.4) is 0 Å². The molecule has 0 unspecified atom stereocenters. The Morgan fingerprint density at radius 1 is 1.16 bits per heavy atom. The molecular formula is C16H27IN4O3S. The Morgan fingerprint density at radius 2 is 1.80 bits per heavy atom. The number of halogens is 1. The van der Waals surface area contributed by atoms with Gasteiger partial charge in [-0.1, -0.05) is 18.2 Å². The third-order valence-corrected chi connectivity index (χ3v) is 5.40. The van der Waals surface area contributed by atoms with Gasteiger partial charge in [0.15, 0.2) is 15.8 Å². The maximum atomic E-state index is 11.4. The molecule has 0 bridgehead atoms. The lowest BCUT2D eigenvalue weighted by atomic mass is 10.3. The van der Waals surface area contributed by atoms with Crippen LogP contribution >= 0.6 is 24.0 Å². The number of sulfone groups is 1. The van der Waals surface area contributed by atoms with E-state index in [-0.39, 0.29) is 35.5 Å². The fourth-order valence-corrected chi connectivity index (χ4v) is 3.66. The average Bonchev–Trinajstić information content (AvgIpc) is 2.59. The molecule has 1 aliphatic rings. The van der Waals surface area contributed by atoms with Crippen molar-refractivity contribution in [1.29, 1.82) is 0 Å². The van der Waals surface area contributed by atoms with Gasteiger partial charge < -0.3 is 15.4 Å². The molecule has 1 aromatic carbocycles. The van der Waals surface area contributed by atoms with Crippen molar-refractivity contribution in [2.45, 2.75) is 0 Å². The highest BCUT2D eigenvalue weighted by molar-refractivity contribution is 14.0. The molecule has 1 aromatic rings. The highest BCUT2D eigenvalue weighted by atomic mass is 127. The Kier molecular flexibility index (Phi) is 10.1. The number of hydrogen-bond acceptors (Lipinski definition) is 5. The second-order valence-corrected chi connectivity index (χ2v) is 7.88. The summed E-state index contributed by atoms with van der Waals surface area (Å²) < 4.78 is 28.4. The van der Waals surface area contributed by atoms with Crippen LogP contribution in [0, 0.1) is 0 Å². The minimum absolute atomic E-state index is 0. The number of nitrogens with zero attached hydrogens (tertiary/aromatic N) is 2. The molecule has 0 amide bonds. The summed E-state index contributed by atoms with van der Waals surface area (Å²) >= 11 is 0. The van der Waals surface area contributed by atoms with E-state index in [1.807, 2.05) is 30.3 Å². The first-order chi connectivity index (χ1) is 11.6. The van der Waals surface area contributed by atoms with Crippen LogP contribution < -0.4 is 15.4 Å². The lowest BCUT2D eigenvalue weighted by molar-refractivity contribution is 0.299. The fourth-order valence-electron chi connectivity index (χ4n) is 2.38. The van der Waals surface area contributed by atoms with E-state index in [1.165, 1.54) is 0 Å². The SMILES string of the molecule is CN=C(NCCOc1ccccc1)NCCN1CCS(=O)(=O)CC1.I. The van der Waals surface area contributed by atoms with Crippen molar-refractivity contribution in [3.63, 3.8) is 0 Å². The molecule has 2 rings (SSSR count). The number of para-hydroxylation sites is 1. The summed E-state index contributed by atoms with van der Waals surface area (Å²) in [6.45, 7) is 3.95. The largest absolute Gasteiger partial charge is 0.492 e. The molecule has 1 heterocycles. The van der Waals surface area contributed by atoms with Gasteiger partial charge in [0.05, 0.1) is 18.1 Å². The molecule has 0 spiro atoms. The maximum absolute atomic E-state index is 11.4. The monoisotopic (exact) mass is 482 g/mol. The van der Waals surface area contributed by atoms with Crippen LogP contribution in [-0.4, -0.2) is 77.2 Å². The highest BCUT2D eigenvalue weighted by Gasteiger charge is 2.20. The lowest BCUT2D eigenvalue weighted by Gasteiger charge is -2.26. The van der Waals surface area contributed by atoms with E-state index < -0.39 is 9.84 Å². The normalized spacial score (nSPS) is 17.4. The summed E-state index contributed by atoms with van der Waals surface area (Å²) in [5.74, 6) is 2.09. The lowest BCUT2D eigenvalue weighted by Crippen LogP contribution is -2.46. The van der Waals surface area contributed by atoms with Gasteiger partial charge in [-0.2, -0.15) is 0 Å². The molecule has 0 radical (unpaired) electrons. The van der Waals surface area contributed by atoms with Gasteiger partial charge in [0.2, 0.25) is 0 Å². The molecule has 7 nitrogen and oxygen atoms in total. The number of aliphatic imine (C=N–C) groups is 1. The summed E-state index contributed by atoms with van der Waals surface area (Å²) in [6.07, 6.45) is 0. The minimum atomic E-state index is -2.81. The Labute approximate surface area is 167 Å². The van der Waals surface area contributed by atoms with Gasteiger partial charge in [0.25, 0.3) is 0 Å². The molecule has 2 N–H and O–H groups in total. The molecule has 0 aromatic heterocycles. The fraction of sp³-hybridized carbons (Fsp3) is 0.562. The van der Waals surface area contributed by atoms with Gasteiger partial charge in [-0.3, -0.25) is 9.89 Å². The first-order valence-corrected chi connectivity index (χ1v) is 9.96. The van der Waals surface area contributed by atoms with Gasteiger partial charge in [-0.25, -0.2) is 8.42 Å². The highest BCUT2D eigenvalue weighted by Crippen LogP contribution is 2.07. The van der Waals surface area contributed by atoms with E-state index in [1.54, 1.807) is 7.05 Å². The van der Waals surface area contributed by atoms with E-state index >= 15 is 0 Å². The van der Waals surface area contributed by atoms with Gasteiger partial charge in [0, 0.05) is 33.2 Å². The summed E-state index contributed by atoms with van der Waals surface area (Å²) in [5, 5.41) is 6.42. The van der Waals surface area contributed by atoms with Crippen LogP contribution in [-0.2, 0) is 9.84 Å². The summed E-state index contributed by atoms with van der Waals surface area (Å²) in [4.78, 5) is 6.32. The zero-order valence-corrected chi connectivity index (χ0v) is 17.6.